The first-order valence-electron chi connectivity index (χ1n) is 9.41. The molecule has 0 fully saturated rings. The van der Waals surface area contributed by atoms with Gasteiger partial charge in [0.1, 0.15) is 0 Å². The van der Waals surface area contributed by atoms with E-state index in [2.05, 4.69) is 77.8 Å². The number of pyridine rings is 1. The Hall–Kier alpha value is -2.50. The summed E-state index contributed by atoms with van der Waals surface area (Å²) in [4.78, 5) is 4.53. The van der Waals surface area contributed by atoms with Gasteiger partial charge in [-0.1, -0.05) is 80.6 Å². The van der Waals surface area contributed by atoms with E-state index in [0.717, 1.165) is 16.8 Å². The predicted molar refractivity (Wildman–Crippen MR) is 115 cm³/mol. The summed E-state index contributed by atoms with van der Waals surface area (Å²) in [6, 6.07) is 32.7. The summed E-state index contributed by atoms with van der Waals surface area (Å²) in [5.74, 6) is 0. The van der Waals surface area contributed by atoms with Gasteiger partial charge in [-0.25, -0.2) is 0 Å². The largest absolute Gasteiger partial charge is 0.304 e. The van der Waals surface area contributed by atoms with Crippen LogP contribution < -0.4 is 0 Å². The van der Waals surface area contributed by atoms with Gasteiger partial charge in [-0.2, -0.15) is 0 Å². The molecule has 0 aliphatic heterocycles. The molecule has 0 unspecified atom stereocenters. The van der Waals surface area contributed by atoms with Crippen LogP contribution in [0.15, 0.2) is 91.1 Å². The van der Waals surface area contributed by atoms with Gasteiger partial charge >= 0.3 is 0 Å². The first-order chi connectivity index (χ1) is 13.3. The Labute approximate surface area is 182 Å². The van der Waals surface area contributed by atoms with Crippen LogP contribution in [-0.2, 0) is 21.1 Å². The molecule has 0 aliphatic carbocycles. The molecular formula is C26H24NPt-. The maximum atomic E-state index is 4.53. The molecule has 0 radical (unpaired) electrons. The Morgan fingerprint density at radius 3 is 2.00 bits per heavy atom. The monoisotopic (exact) mass is 545 g/mol. The van der Waals surface area contributed by atoms with E-state index in [1.165, 1.54) is 22.3 Å². The van der Waals surface area contributed by atoms with Gasteiger partial charge in [0.05, 0.1) is 0 Å². The first kappa shape index (κ1) is 21.8. The number of hydrogen-bond donors (Lipinski definition) is 0. The third-order valence-corrected chi connectivity index (χ3v) is 4.31. The summed E-state index contributed by atoms with van der Waals surface area (Å²) in [5, 5.41) is 0. The van der Waals surface area contributed by atoms with Crippen LogP contribution in [0, 0.1) is 13.0 Å². The summed E-state index contributed by atoms with van der Waals surface area (Å²) in [7, 11) is 0. The van der Waals surface area contributed by atoms with Gasteiger partial charge in [0.2, 0.25) is 0 Å². The minimum absolute atomic E-state index is 0. The van der Waals surface area contributed by atoms with Gasteiger partial charge in [0, 0.05) is 27.3 Å². The van der Waals surface area contributed by atoms with Crippen molar-refractivity contribution in [2.24, 2.45) is 0 Å². The summed E-state index contributed by atoms with van der Waals surface area (Å²) >= 11 is 0. The van der Waals surface area contributed by atoms with Gasteiger partial charge in [-0.15, -0.1) is 35.4 Å². The van der Waals surface area contributed by atoms with Crippen molar-refractivity contribution in [3.05, 3.63) is 103 Å². The molecule has 0 atom stereocenters. The first-order valence-corrected chi connectivity index (χ1v) is 9.41. The predicted octanol–water partition coefficient (Wildman–Crippen LogP) is 7.21. The third kappa shape index (κ3) is 5.06. The van der Waals surface area contributed by atoms with Gasteiger partial charge in [-0.3, -0.25) is 0 Å². The fraction of sp³-hybridized carbons (Fsp3) is 0.115. The zero-order chi connectivity index (χ0) is 19.1. The zero-order valence-corrected chi connectivity index (χ0v) is 18.7. The second kappa shape index (κ2) is 10.7. The Bertz CT molecular complexity index is 992. The van der Waals surface area contributed by atoms with Crippen LogP contribution in [0.25, 0.3) is 33.5 Å². The number of rotatable bonds is 3. The minimum atomic E-state index is 0. The molecular weight excluding hydrogens is 521 g/mol. The fourth-order valence-electron chi connectivity index (χ4n) is 3.01. The Morgan fingerprint density at radius 1 is 0.714 bits per heavy atom. The van der Waals surface area contributed by atoms with Crippen LogP contribution in [0.3, 0.4) is 0 Å². The minimum Gasteiger partial charge on any atom is -0.304 e. The van der Waals surface area contributed by atoms with Crippen LogP contribution in [0.5, 0.6) is 0 Å². The molecule has 0 aliphatic rings. The van der Waals surface area contributed by atoms with E-state index in [9.17, 15) is 0 Å². The molecule has 4 rings (SSSR count). The van der Waals surface area contributed by atoms with Crippen molar-refractivity contribution in [2.75, 3.05) is 0 Å². The molecule has 28 heavy (non-hydrogen) atoms. The number of aryl methyl sites for hydroxylation is 1. The molecule has 1 nitrogen and oxygen atoms in total. The molecule has 2 heteroatoms. The van der Waals surface area contributed by atoms with Crippen molar-refractivity contribution in [3.8, 4) is 33.5 Å². The van der Waals surface area contributed by atoms with E-state index >= 15 is 0 Å². The zero-order valence-electron chi connectivity index (χ0n) is 16.4. The quantitative estimate of drug-likeness (QED) is 0.248. The van der Waals surface area contributed by atoms with E-state index in [1.54, 1.807) is 0 Å². The molecule has 1 heterocycles. The molecule has 0 N–H and O–H groups in total. The van der Waals surface area contributed by atoms with Gasteiger partial charge in [0.15, 0.2) is 0 Å². The molecule has 0 amide bonds. The van der Waals surface area contributed by atoms with Crippen molar-refractivity contribution in [3.63, 3.8) is 0 Å². The molecule has 0 bridgehead atoms. The van der Waals surface area contributed by atoms with E-state index in [4.69, 9.17) is 0 Å². The maximum Gasteiger partial charge on any atom is 0.0190 e. The standard InChI is InChI=1S/C24H18N.C2H6.Pt/c1-18-14-15-24(25-17-18)21-11-7-10-20(16-21)23-13-6-5-12-22(23)19-8-3-2-4-9-19;1-2;/h2-10,12-17H,1H3;1-2H3;/q-1;;. The summed E-state index contributed by atoms with van der Waals surface area (Å²) in [6.07, 6.45) is 1.90. The molecule has 0 saturated carbocycles. The Balaban J connectivity index is 0.000000906. The number of aromatic nitrogens is 1. The molecule has 144 valence electrons. The van der Waals surface area contributed by atoms with Crippen molar-refractivity contribution >= 4 is 0 Å². The van der Waals surface area contributed by atoms with Crippen LogP contribution in [-0.4, -0.2) is 4.98 Å². The van der Waals surface area contributed by atoms with Crippen LogP contribution in [0.2, 0.25) is 0 Å². The molecule has 0 spiro atoms. The smallest absolute Gasteiger partial charge is 0.0190 e. The Kier molecular flexibility index (Phi) is 8.36. The normalized spacial score (nSPS) is 9.68. The number of hydrogen-bond acceptors (Lipinski definition) is 1. The topological polar surface area (TPSA) is 12.9 Å². The maximum absolute atomic E-state index is 4.53. The molecule has 0 saturated heterocycles. The fourth-order valence-corrected chi connectivity index (χ4v) is 3.01. The molecule has 3 aromatic carbocycles. The van der Waals surface area contributed by atoms with Crippen LogP contribution in [0.1, 0.15) is 19.4 Å². The molecule has 4 aromatic rings. The van der Waals surface area contributed by atoms with Gasteiger partial charge in [0.25, 0.3) is 0 Å². The van der Waals surface area contributed by atoms with E-state index in [1.807, 2.05) is 45.2 Å². The second-order valence-corrected chi connectivity index (χ2v) is 6.12. The average Bonchev–Trinajstić information content (AvgIpc) is 2.76. The number of benzene rings is 3. The SMILES string of the molecule is CC.Cc1ccc(-c2[c-]ccc(-c3ccccc3-c3ccccc3)c2)nc1.[Pt]. The van der Waals surface area contributed by atoms with E-state index < -0.39 is 0 Å². The summed E-state index contributed by atoms with van der Waals surface area (Å²) in [5.41, 5.74) is 7.98. The van der Waals surface area contributed by atoms with Crippen molar-refractivity contribution in [1.29, 1.82) is 0 Å². The van der Waals surface area contributed by atoms with E-state index in [0.29, 0.717) is 0 Å². The van der Waals surface area contributed by atoms with Crippen molar-refractivity contribution in [2.45, 2.75) is 20.8 Å². The van der Waals surface area contributed by atoms with Gasteiger partial charge in [-0.05, 0) is 34.9 Å². The van der Waals surface area contributed by atoms with Crippen molar-refractivity contribution < 1.29 is 21.1 Å². The Morgan fingerprint density at radius 2 is 1.36 bits per heavy atom. The summed E-state index contributed by atoms with van der Waals surface area (Å²) in [6.45, 7) is 6.05. The van der Waals surface area contributed by atoms with E-state index in [-0.39, 0.29) is 21.1 Å². The van der Waals surface area contributed by atoms with Gasteiger partial charge < -0.3 is 4.98 Å². The van der Waals surface area contributed by atoms with Crippen LogP contribution >= 0.6 is 0 Å². The molecule has 1 aromatic heterocycles. The third-order valence-electron chi connectivity index (χ3n) is 4.31. The number of nitrogens with zero attached hydrogens (tertiary/aromatic N) is 1. The van der Waals surface area contributed by atoms with Crippen molar-refractivity contribution in [1.82, 2.24) is 4.98 Å². The average molecular weight is 546 g/mol. The summed E-state index contributed by atoms with van der Waals surface area (Å²) < 4.78 is 0. The van der Waals surface area contributed by atoms with Crippen LogP contribution in [0.4, 0.5) is 0 Å². The second-order valence-electron chi connectivity index (χ2n) is 6.12.